The smallest absolute Gasteiger partial charge is 0.325 e. The molecule has 2 aromatic rings. The van der Waals surface area contributed by atoms with Crippen LogP contribution in [0.3, 0.4) is 0 Å². The zero-order valence-corrected chi connectivity index (χ0v) is 12.8. The second kappa shape index (κ2) is 6.43. The van der Waals surface area contributed by atoms with E-state index in [4.69, 9.17) is 5.11 Å². The molecular formula is C16H19N3O3. The SMILES string of the molecule is CCc1cc(-n2ccnc2)cc(C)c1C(=O)NC(C)C(=O)O. The van der Waals surface area contributed by atoms with Crippen molar-refractivity contribution in [3.05, 3.63) is 47.5 Å². The normalized spacial score (nSPS) is 12.0. The molecule has 0 fully saturated rings. The van der Waals surface area contributed by atoms with Crippen LogP contribution in [0.4, 0.5) is 0 Å². The number of aromatic nitrogens is 2. The van der Waals surface area contributed by atoms with Crippen LogP contribution >= 0.6 is 0 Å². The predicted molar refractivity (Wildman–Crippen MR) is 82.2 cm³/mol. The number of hydrogen-bond acceptors (Lipinski definition) is 3. The van der Waals surface area contributed by atoms with Crippen molar-refractivity contribution in [1.82, 2.24) is 14.9 Å². The number of carboxylic acids is 1. The van der Waals surface area contributed by atoms with E-state index in [0.717, 1.165) is 16.8 Å². The zero-order chi connectivity index (χ0) is 16.3. The van der Waals surface area contributed by atoms with Crippen LogP contribution in [0.15, 0.2) is 30.9 Å². The standard InChI is InChI=1S/C16H19N3O3/c1-4-12-8-13(19-6-5-17-9-19)7-10(2)14(12)15(20)18-11(3)16(21)22/h5-9,11H,4H2,1-3H3,(H,18,20)(H,21,22). The molecule has 0 spiro atoms. The van der Waals surface area contributed by atoms with Gasteiger partial charge in [-0.3, -0.25) is 9.59 Å². The van der Waals surface area contributed by atoms with E-state index in [1.165, 1.54) is 6.92 Å². The van der Waals surface area contributed by atoms with Crippen molar-refractivity contribution in [2.45, 2.75) is 33.2 Å². The Labute approximate surface area is 128 Å². The lowest BCUT2D eigenvalue weighted by Gasteiger charge is -2.16. The second-order valence-corrected chi connectivity index (χ2v) is 5.15. The molecule has 1 heterocycles. The lowest BCUT2D eigenvalue weighted by molar-refractivity contribution is -0.138. The molecule has 6 nitrogen and oxygen atoms in total. The first kappa shape index (κ1) is 15.8. The number of rotatable bonds is 5. The average Bonchev–Trinajstić information content (AvgIpc) is 3.00. The third-order valence-corrected chi connectivity index (χ3v) is 3.53. The number of carboxylic acid groups (broad SMARTS) is 1. The molecule has 0 saturated carbocycles. The Kier molecular flexibility index (Phi) is 4.60. The molecular weight excluding hydrogens is 282 g/mol. The maximum Gasteiger partial charge on any atom is 0.325 e. The second-order valence-electron chi connectivity index (χ2n) is 5.15. The van der Waals surface area contributed by atoms with E-state index in [2.05, 4.69) is 10.3 Å². The monoisotopic (exact) mass is 301 g/mol. The van der Waals surface area contributed by atoms with Gasteiger partial charge in [-0.25, -0.2) is 4.98 Å². The van der Waals surface area contributed by atoms with Crippen molar-refractivity contribution in [2.24, 2.45) is 0 Å². The van der Waals surface area contributed by atoms with E-state index in [1.807, 2.05) is 36.7 Å². The van der Waals surface area contributed by atoms with Crippen molar-refractivity contribution in [1.29, 1.82) is 0 Å². The van der Waals surface area contributed by atoms with Gasteiger partial charge in [0.1, 0.15) is 6.04 Å². The third kappa shape index (κ3) is 3.16. The van der Waals surface area contributed by atoms with Gasteiger partial charge in [0.25, 0.3) is 5.91 Å². The van der Waals surface area contributed by atoms with E-state index >= 15 is 0 Å². The molecule has 0 saturated heterocycles. The predicted octanol–water partition coefficient (Wildman–Crippen LogP) is 1.95. The van der Waals surface area contributed by atoms with Crippen LogP contribution in [0.2, 0.25) is 0 Å². The summed E-state index contributed by atoms with van der Waals surface area (Å²) in [6, 6.07) is 2.89. The van der Waals surface area contributed by atoms with Gasteiger partial charge in [-0.05, 0) is 43.5 Å². The summed E-state index contributed by atoms with van der Waals surface area (Å²) in [6.45, 7) is 5.25. The molecule has 0 aliphatic heterocycles. The van der Waals surface area contributed by atoms with Crippen LogP contribution in [-0.2, 0) is 11.2 Å². The van der Waals surface area contributed by atoms with E-state index in [9.17, 15) is 9.59 Å². The number of hydrogen-bond donors (Lipinski definition) is 2. The van der Waals surface area contributed by atoms with Crippen molar-refractivity contribution >= 4 is 11.9 Å². The van der Waals surface area contributed by atoms with E-state index < -0.39 is 12.0 Å². The van der Waals surface area contributed by atoms with Gasteiger partial charge in [0, 0.05) is 23.6 Å². The summed E-state index contributed by atoms with van der Waals surface area (Å²) in [5, 5.41) is 11.4. The minimum absolute atomic E-state index is 0.360. The first-order valence-electron chi connectivity index (χ1n) is 7.09. The highest BCUT2D eigenvalue weighted by molar-refractivity contribution is 5.99. The number of aliphatic carboxylic acids is 1. The fourth-order valence-electron chi connectivity index (χ4n) is 2.33. The van der Waals surface area contributed by atoms with Crippen molar-refractivity contribution in [3.63, 3.8) is 0 Å². The molecule has 0 radical (unpaired) electrons. The molecule has 2 N–H and O–H groups in total. The van der Waals surface area contributed by atoms with Crippen molar-refractivity contribution < 1.29 is 14.7 Å². The fourth-order valence-corrected chi connectivity index (χ4v) is 2.33. The van der Waals surface area contributed by atoms with Gasteiger partial charge >= 0.3 is 5.97 Å². The fraction of sp³-hybridized carbons (Fsp3) is 0.312. The van der Waals surface area contributed by atoms with Crippen LogP contribution in [-0.4, -0.2) is 32.6 Å². The van der Waals surface area contributed by atoms with Gasteiger partial charge in [-0.2, -0.15) is 0 Å². The van der Waals surface area contributed by atoms with Gasteiger partial charge in [0.2, 0.25) is 0 Å². The number of nitrogens with one attached hydrogen (secondary N) is 1. The maximum atomic E-state index is 12.4. The number of amides is 1. The van der Waals surface area contributed by atoms with Crippen LogP contribution in [0.25, 0.3) is 5.69 Å². The molecule has 1 unspecified atom stereocenters. The minimum atomic E-state index is -1.06. The summed E-state index contributed by atoms with van der Waals surface area (Å²) in [4.78, 5) is 27.3. The number of carbonyl (C=O) groups excluding carboxylic acids is 1. The number of benzene rings is 1. The summed E-state index contributed by atoms with van der Waals surface area (Å²) >= 11 is 0. The maximum absolute atomic E-state index is 12.4. The van der Waals surface area contributed by atoms with Crippen LogP contribution in [0.1, 0.15) is 35.3 Å². The number of aryl methyl sites for hydroxylation is 2. The lowest BCUT2D eigenvalue weighted by Crippen LogP contribution is -2.39. The van der Waals surface area contributed by atoms with Crippen LogP contribution in [0.5, 0.6) is 0 Å². The summed E-state index contributed by atoms with van der Waals surface area (Å²) in [5.74, 6) is -1.42. The van der Waals surface area contributed by atoms with Gasteiger partial charge < -0.3 is 15.0 Å². The van der Waals surface area contributed by atoms with Gasteiger partial charge in [-0.1, -0.05) is 6.92 Å². The summed E-state index contributed by atoms with van der Waals surface area (Å²) < 4.78 is 1.87. The Morgan fingerprint density at radius 2 is 2.14 bits per heavy atom. The summed E-state index contributed by atoms with van der Waals surface area (Å²) in [6.07, 6.45) is 5.89. The third-order valence-electron chi connectivity index (χ3n) is 3.53. The van der Waals surface area contributed by atoms with Gasteiger partial charge in [-0.15, -0.1) is 0 Å². The Bertz CT molecular complexity index is 693. The van der Waals surface area contributed by atoms with E-state index in [0.29, 0.717) is 12.0 Å². The highest BCUT2D eigenvalue weighted by Crippen LogP contribution is 2.21. The Morgan fingerprint density at radius 1 is 1.41 bits per heavy atom. The summed E-state index contributed by atoms with van der Waals surface area (Å²) in [7, 11) is 0. The zero-order valence-electron chi connectivity index (χ0n) is 12.8. The van der Waals surface area contributed by atoms with Gasteiger partial charge in [0.15, 0.2) is 0 Å². The lowest BCUT2D eigenvalue weighted by atomic mass is 9.97. The average molecular weight is 301 g/mol. The molecule has 1 aromatic heterocycles. The molecule has 22 heavy (non-hydrogen) atoms. The Balaban J connectivity index is 2.40. The highest BCUT2D eigenvalue weighted by Gasteiger charge is 2.19. The Morgan fingerprint density at radius 3 is 2.68 bits per heavy atom. The molecule has 0 aliphatic carbocycles. The number of nitrogens with zero attached hydrogens (tertiary/aromatic N) is 2. The number of imidazole rings is 1. The minimum Gasteiger partial charge on any atom is -0.480 e. The molecule has 116 valence electrons. The topological polar surface area (TPSA) is 84.2 Å². The van der Waals surface area contributed by atoms with Crippen molar-refractivity contribution in [2.75, 3.05) is 0 Å². The van der Waals surface area contributed by atoms with Crippen LogP contribution < -0.4 is 5.32 Å². The highest BCUT2D eigenvalue weighted by atomic mass is 16.4. The van der Waals surface area contributed by atoms with Crippen molar-refractivity contribution in [3.8, 4) is 5.69 Å². The quantitative estimate of drug-likeness (QED) is 0.884. The molecule has 6 heteroatoms. The molecule has 2 rings (SSSR count). The largest absolute Gasteiger partial charge is 0.480 e. The Hall–Kier alpha value is -2.63. The molecule has 0 bridgehead atoms. The molecule has 1 atom stereocenters. The summed E-state index contributed by atoms with van der Waals surface area (Å²) in [5.41, 5.74) is 3.14. The molecule has 1 aromatic carbocycles. The first-order chi connectivity index (χ1) is 10.4. The van der Waals surface area contributed by atoms with Gasteiger partial charge in [0.05, 0.1) is 6.33 Å². The first-order valence-corrected chi connectivity index (χ1v) is 7.09. The molecule has 1 amide bonds. The van der Waals surface area contributed by atoms with Crippen LogP contribution in [0, 0.1) is 6.92 Å². The van der Waals surface area contributed by atoms with E-state index in [1.54, 1.807) is 12.5 Å². The molecule has 0 aliphatic rings. The van der Waals surface area contributed by atoms with E-state index in [-0.39, 0.29) is 5.91 Å². The number of carbonyl (C=O) groups is 2.